The lowest BCUT2D eigenvalue weighted by atomic mass is 9.77. The molecule has 0 saturated carbocycles. The van der Waals surface area contributed by atoms with Gasteiger partial charge in [-0.3, -0.25) is 0 Å². The minimum absolute atomic E-state index is 0.126. The first kappa shape index (κ1) is 14.3. The van der Waals surface area contributed by atoms with Crippen molar-refractivity contribution in [3.05, 3.63) is 0 Å². The number of amides is 2. The van der Waals surface area contributed by atoms with E-state index in [4.69, 9.17) is 0 Å². The molecule has 0 aliphatic carbocycles. The minimum atomic E-state index is 0.126. The molecular formula is C14H28N2O. The maximum atomic E-state index is 11.9. The van der Waals surface area contributed by atoms with Gasteiger partial charge in [-0.15, -0.1) is 0 Å². The summed E-state index contributed by atoms with van der Waals surface area (Å²) in [6.45, 7) is 11.6. The lowest BCUT2D eigenvalue weighted by Gasteiger charge is -2.29. The summed E-state index contributed by atoms with van der Waals surface area (Å²) >= 11 is 0. The van der Waals surface area contributed by atoms with Crippen molar-refractivity contribution in [1.82, 2.24) is 10.2 Å². The van der Waals surface area contributed by atoms with Gasteiger partial charge in [0.1, 0.15) is 0 Å². The fourth-order valence-corrected chi connectivity index (χ4v) is 2.51. The Balaban J connectivity index is 2.45. The van der Waals surface area contributed by atoms with Crippen molar-refractivity contribution < 1.29 is 4.79 Å². The predicted octanol–water partition coefficient (Wildman–Crippen LogP) is 3.25. The average molecular weight is 240 g/mol. The average Bonchev–Trinajstić information content (AvgIpc) is 2.50. The molecule has 0 aromatic carbocycles. The van der Waals surface area contributed by atoms with E-state index in [9.17, 15) is 4.79 Å². The van der Waals surface area contributed by atoms with Gasteiger partial charge in [-0.05, 0) is 37.0 Å². The number of nitrogens with zero attached hydrogens (tertiary/aromatic N) is 1. The molecule has 1 rings (SSSR count). The molecule has 1 saturated heterocycles. The molecule has 1 heterocycles. The van der Waals surface area contributed by atoms with Gasteiger partial charge in [0.2, 0.25) is 0 Å². The summed E-state index contributed by atoms with van der Waals surface area (Å²) in [5, 5.41) is 2.97. The van der Waals surface area contributed by atoms with Gasteiger partial charge in [0.25, 0.3) is 0 Å². The third-order valence-electron chi connectivity index (χ3n) is 3.77. The van der Waals surface area contributed by atoms with E-state index in [1.54, 1.807) is 0 Å². The molecule has 0 spiro atoms. The first-order valence-corrected chi connectivity index (χ1v) is 6.98. The Morgan fingerprint density at radius 2 is 2.00 bits per heavy atom. The van der Waals surface area contributed by atoms with Gasteiger partial charge in [0, 0.05) is 19.6 Å². The Morgan fingerprint density at radius 1 is 1.29 bits per heavy atom. The van der Waals surface area contributed by atoms with E-state index in [0.29, 0.717) is 5.41 Å². The number of likely N-dealkylation sites (tertiary alicyclic amines) is 1. The van der Waals surface area contributed by atoms with Crippen LogP contribution in [0.15, 0.2) is 0 Å². The molecular weight excluding hydrogens is 212 g/mol. The van der Waals surface area contributed by atoms with Gasteiger partial charge in [-0.1, -0.05) is 27.7 Å². The number of nitrogens with one attached hydrogen (secondary N) is 1. The van der Waals surface area contributed by atoms with Gasteiger partial charge in [-0.2, -0.15) is 0 Å². The zero-order chi connectivity index (χ0) is 12.9. The van der Waals surface area contributed by atoms with Crippen molar-refractivity contribution in [3.8, 4) is 0 Å². The van der Waals surface area contributed by atoms with Gasteiger partial charge >= 0.3 is 6.03 Å². The molecule has 17 heavy (non-hydrogen) atoms. The van der Waals surface area contributed by atoms with Crippen LogP contribution in [0.4, 0.5) is 4.79 Å². The Hall–Kier alpha value is -0.730. The Kier molecular flexibility index (Phi) is 5.29. The molecule has 3 nitrogen and oxygen atoms in total. The van der Waals surface area contributed by atoms with Crippen LogP contribution in [0.1, 0.15) is 53.4 Å². The smallest absolute Gasteiger partial charge is 0.317 e. The maximum absolute atomic E-state index is 11.9. The molecule has 1 aliphatic heterocycles. The van der Waals surface area contributed by atoms with Crippen LogP contribution >= 0.6 is 0 Å². The quantitative estimate of drug-likeness (QED) is 0.789. The summed E-state index contributed by atoms with van der Waals surface area (Å²) in [5.74, 6) is 0.742. The lowest BCUT2D eigenvalue weighted by molar-refractivity contribution is 0.191. The van der Waals surface area contributed by atoms with Gasteiger partial charge in [0.15, 0.2) is 0 Å². The topological polar surface area (TPSA) is 32.3 Å². The van der Waals surface area contributed by atoms with Crippen LogP contribution in [0, 0.1) is 11.3 Å². The van der Waals surface area contributed by atoms with Crippen molar-refractivity contribution in [2.75, 3.05) is 19.6 Å². The largest absolute Gasteiger partial charge is 0.338 e. The summed E-state index contributed by atoms with van der Waals surface area (Å²) in [7, 11) is 0. The second kappa shape index (κ2) is 6.27. The second-order valence-electron chi connectivity index (χ2n) is 6.21. The molecule has 1 aliphatic rings. The first-order valence-electron chi connectivity index (χ1n) is 6.98. The number of hydrogen-bond donors (Lipinski definition) is 1. The summed E-state index contributed by atoms with van der Waals surface area (Å²) < 4.78 is 0. The van der Waals surface area contributed by atoms with Crippen LogP contribution in [-0.2, 0) is 0 Å². The molecule has 0 radical (unpaired) electrons. The summed E-state index contributed by atoms with van der Waals surface area (Å²) in [4.78, 5) is 13.9. The summed E-state index contributed by atoms with van der Waals surface area (Å²) in [5.41, 5.74) is 0.371. The van der Waals surface area contributed by atoms with E-state index in [2.05, 4.69) is 33.0 Å². The summed E-state index contributed by atoms with van der Waals surface area (Å²) in [6, 6.07) is 0.126. The monoisotopic (exact) mass is 240 g/mol. The van der Waals surface area contributed by atoms with Crippen LogP contribution in [0.2, 0.25) is 0 Å². The van der Waals surface area contributed by atoms with Crippen molar-refractivity contribution >= 4 is 6.03 Å². The summed E-state index contributed by atoms with van der Waals surface area (Å²) in [6.07, 6.45) is 4.54. The number of hydrogen-bond acceptors (Lipinski definition) is 1. The van der Waals surface area contributed by atoms with Crippen molar-refractivity contribution in [3.63, 3.8) is 0 Å². The van der Waals surface area contributed by atoms with Crippen LogP contribution in [0.25, 0.3) is 0 Å². The zero-order valence-corrected chi connectivity index (χ0v) is 11.9. The fraction of sp³-hybridized carbons (Fsp3) is 0.929. The predicted molar refractivity (Wildman–Crippen MR) is 72.1 cm³/mol. The third-order valence-corrected chi connectivity index (χ3v) is 3.77. The van der Waals surface area contributed by atoms with Crippen LogP contribution < -0.4 is 5.32 Å². The Bertz CT molecular complexity index is 245. The van der Waals surface area contributed by atoms with E-state index >= 15 is 0 Å². The number of rotatable bonds is 2. The Morgan fingerprint density at radius 3 is 2.59 bits per heavy atom. The zero-order valence-electron chi connectivity index (χ0n) is 11.9. The van der Waals surface area contributed by atoms with Gasteiger partial charge < -0.3 is 10.2 Å². The van der Waals surface area contributed by atoms with Crippen LogP contribution in [0.5, 0.6) is 0 Å². The first-order chi connectivity index (χ1) is 7.95. The van der Waals surface area contributed by atoms with E-state index in [1.807, 2.05) is 4.90 Å². The highest BCUT2D eigenvalue weighted by molar-refractivity contribution is 5.74. The highest BCUT2D eigenvalue weighted by atomic mass is 16.2. The molecule has 1 fully saturated rings. The molecule has 0 aromatic heterocycles. The lowest BCUT2D eigenvalue weighted by Crippen LogP contribution is -2.41. The fourth-order valence-electron chi connectivity index (χ4n) is 2.51. The number of carbonyl (C=O) groups excluding carboxylic acids is 1. The minimum Gasteiger partial charge on any atom is -0.338 e. The standard InChI is InChI=1S/C14H28N2O/c1-5-9-15-13(17)16-10-6-7-12(8-11-16)14(2,3)4/h12H,5-11H2,1-4H3,(H,15,17). The van der Waals surface area contributed by atoms with Crippen molar-refractivity contribution in [2.45, 2.75) is 53.4 Å². The normalized spacial score (nSPS) is 22.1. The van der Waals surface area contributed by atoms with Gasteiger partial charge in [-0.25, -0.2) is 4.79 Å². The maximum Gasteiger partial charge on any atom is 0.317 e. The molecule has 3 heteroatoms. The molecule has 1 atom stereocenters. The van der Waals surface area contributed by atoms with Crippen LogP contribution in [0.3, 0.4) is 0 Å². The van der Waals surface area contributed by atoms with Crippen molar-refractivity contribution in [1.29, 1.82) is 0 Å². The van der Waals surface area contributed by atoms with E-state index in [1.165, 1.54) is 6.42 Å². The molecule has 2 amide bonds. The van der Waals surface area contributed by atoms with Crippen LogP contribution in [-0.4, -0.2) is 30.6 Å². The van der Waals surface area contributed by atoms with E-state index in [-0.39, 0.29) is 6.03 Å². The van der Waals surface area contributed by atoms with Gasteiger partial charge in [0.05, 0.1) is 0 Å². The molecule has 0 bridgehead atoms. The second-order valence-corrected chi connectivity index (χ2v) is 6.21. The molecule has 1 unspecified atom stereocenters. The third kappa shape index (κ3) is 4.57. The van der Waals surface area contributed by atoms with Crippen molar-refractivity contribution in [2.24, 2.45) is 11.3 Å². The highest BCUT2D eigenvalue weighted by Crippen LogP contribution is 2.34. The molecule has 1 N–H and O–H groups in total. The number of urea groups is 1. The highest BCUT2D eigenvalue weighted by Gasteiger charge is 2.28. The molecule has 100 valence electrons. The SMILES string of the molecule is CCCNC(=O)N1CCCC(C(C)(C)C)CC1. The number of carbonyl (C=O) groups is 1. The van der Waals surface area contributed by atoms with E-state index in [0.717, 1.165) is 44.8 Å². The van der Waals surface area contributed by atoms with E-state index < -0.39 is 0 Å². The molecule has 0 aromatic rings. The Labute approximate surface area is 106 Å².